The van der Waals surface area contributed by atoms with Gasteiger partial charge in [-0.2, -0.15) is 0 Å². The first-order valence-electron chi connectivity index (χ1n) is 9.17. The van der Waals surface area contributed by atoms with Gasteiger partial charge in [-0.3, -0.25) is 4.98 Å². The van der Waals surface area contributed by atoms with Crippen molar-refractivity contribution >= 4 is 5.52 Å². The van der Waals surface area contributed by atoms with Gasteiger partial charge in [0.05, 0.1) is 24.4 Å². The highest BCUT2D eigenvalue weighted by Gasteiger charge is 2.23. The van der Waals surface area contributed by atoms with Gasteiger partial charge < -0.3 is 18.8 Å². The van der Waals surface area contributed by atoms with Crippen molar-refractivity contribution in [3.05, 3.63) is 36.4 Å². The van der Waals surface area contributed by atoms with Gasteiger partial charge in [-0.25, -0.2) is 0 Å². The summed E-state index contributed by atoms with van der Waals surface area (Å²) in [7, 11) is 0. The number of hydrogen-bond acceptors (Lipinski definition) is 4. The molecule has 24 heavy (non-hydrogen) atoms. The zero-order valence-corrected chi connectivity index (χ0v) is 14.3. The summed E-state index contributed by atoms with van der Waals surface area (Å²) in [4.78, 5) is 7.24. The highest BCUT2D eigenvalue weighted by Crippen LogP contribution is 2.20. The molecule has 0 amide bonds. The van der Waals surface area contributed by atoms with E-state index in [9.17, 15) is 0 Å². The van der Waals surface area contributed by atoms with E-state index < -0.39 is 0 Å². The summed E-state index contributed by atoms with van der Waals surface area (Å²) < 4.78 is 13.5. The Morgan fingerprint density at radius 2 is 2.00 bits per heavy atom. The van der Waals surface area contributed by atoms with E-state index >= 15 is 0 Å². The van der Waals surface area contributed by atoms with Crippen molar-refractivity contribution < 1.29 is 9.47 Å². The molecule has 2 aromatic rings. The standard InChI is InChI=1S/C19H27N3O2/c1-2-19-18(20-5-7-22(19)6-1)12-17-14-21(8-11-24-15-17)13-16-3-9-23-10-4-16/h1-2,5-7,16-17H,3-4,8-15H2/t17-/m1/s1. The molecule has 2 aliphatic heterocycles. The third-order valence-corrected chi connectivity index (χ3v) is 5.29. The van der Waals surface area contributed by atoms with Crippen LogP contribution in [0.3, 0.4) is 0 Å². The van der Waals surface area contributed by atoms with Gasteiger partial charge in [0.1, 0.15) is 0 Å². The average Bonchev–Trinajstić information content (AvgIpc) is 2.99. The Kier molecular flexibility index (Phi) is 5.11. The van der Waals surface area contributed by atoms with E-state index in [2.05, 4.69) is 32.6 Å². The van der Waals surface area contributed by atoms with Crippen molar-refractivity contribution in [2.75, 3.05) is 46.1 Å². The maximum absolute atomic E-state index is 5.89. The zero-order chi connectivity index (χ0) is 16.2. The average molecular weight is 329 g/mol. The van der Waals surface area contributed by atoms with Gasteiger partial charge in [-0.15, -0.1) is 0 Å². The summed E-state index contributed by atoms with van der Waals surface area (Å²) in [5.41, 5.74) is 2.40. The Hall–Kier alpha value is -1.43. The number of aromatic nitrogens is 2. The Balaban J connectivity index is 1.41. The molecule has 0 aliphatic carbocycles. The van der Waals surface area contributed by atoms with Crippen molar-refractivity contribution in [1.29, 1.82) is 0 Å². The van der Waals surface area contributed by atoms with Crippen LogP contribution in [0.4, 0.5) is 0 Å². The predicted molar refractivity (Wildman–Crippen MR) is 93.2 cm³/mol. The highest BCUT2D eigenvalue weighted by atomic mass is 16.5. The monoisotopic (exact) mass is 329 g/mol. The van der Waals surface area contributed by atoms with E-state index in [0.29, 0.717) is 5.92 Å². The van der Waals surface area contributed by atoms with Crippen molar-refractivity contribution in [1.82, 2.24) is 14.3 Å². The van der Waals surface area contributed by atoms with Gasteiger partial charge in [-0.1, -0.05) is 0 Å². The first kappa shape index (κ1) is 16.1. The van der Waals surface area contributed by atoms with Crippen LogP contribution >= 0.6 is 0 Å². The molecule has 4 heterocycles. The Labute approximate surface area is 143 Å². The molecule has 1 atom stereocenters. The van der Waals surface area contributed by atoms with Crippen LogP contribution in [0.15, 0.2) is 30.7 Å². The van der Waals surface area contributed by atoms with Crippen LogP contribution in [-0.4, -0.2) is 60.3 Å². The molecule has 5 heteroatoms. The number of hydrogen-bond donors (Lipinski definition) is 0. The summed E-state index contributed by atoms with van der Waals surface area (Å²) in [5, 5.41) is 0. The third-order valence-electron chi connectivity index (χ3n) is 5.29. The number of fused-ring (bicyclic) bond motifs is 1. The Bertz CT molecular complexity index is 651. The van der Waals surface area contributed by atoms with E-state index in [0.717, 1.165) is 51.9 Å². The van der Waals surface area contributed by atoms with Gasteiger partial charge in [-0.05, 0) is 37.3 Å². The van der Waals surface area contributed by atoms with E-state index in [1.807, 2.05) is 12.4 Å². The van der Waals surface area contributed by atoms with Crippen molar-refractivity contribution in [3.63, 3.8) is 0 Å². The molecule has 0 bridgehead atoms. The molecule has 0 saturated carbocycles. The van der Waals surface area contributed by atoms with Crippen LogP contribution in [0.1, 0.15) is 18.5 Å². The van der Waals surface area contributed by atoms with Crippen LogP contribution in [0.25, 0.3) is 5.52 Å². The molecule has 2 aromatic heterocycles. The lowest BCUT2D eigenvalue weighted by Crippen LogP contribution is -2.36. The van der Waals surface area contributed by atoms with E-state index in [-0.39, 0.29) is 0 Å². The molecule has 130 valence electrons. The van der Waals surface area contributed by atoms with Gasteiger partial charge in [0, 0.05) is 57.4 Å². The van der Waals surface area contributed by atoms with Crippen LogP contribution < -0.4 is 0 Å². The van der Waals surface area contributed by atoms with E-state index in [4.69, 9.17) is 9.47 Å². The number of ether oxygens (including phenoxy) is 2. The lowest BCUT2D eigenvalue weighted by Gasteiger charge is -2.30. The molecule has 2 saturated heterocycles. The second-order valence-electron chi connectivity index (χ2n) is 7.14. The maximum atomic E-state index is 5.89. The Morgan fingerprint density at radius 3 is 2.92 bits per heavy atom. The van der Waals surface area contributed by atoms with Crippen molar-refractivity contribution in [3.8, 4) is 0 Å². The van der Waals surface area contributed by atoms with Gasteiger partial charge in [0.15, 0.2) is 0 Å². The molecule has 0 spiro atoms. The predicted octanol–water partition coefficient (Wildman–Crippen LogP) is 2.25. The normalized spacial score (nSPS) is 24.2. The molecule has 0 aromatic carbocycles. The Morgan fingerprint density at radius 1 is 1.08 bits per heavy atom. The molecule has 0 N–H and O–H groups in total. The minimum Gasteiger partial charge on any atom is -0.381 e. The third kappa shape index (κ3) is 3.79. The fraction of sp³-hybridized carbons (Fsp3) is 0.632. The van der Waals surface area contributed by atoms with Gasteiger partial charge in [0.2, 0.25) is 0 Å². The number of rotatable bonds is 4. The molecular formula is C19H27N3O2. The largest absolute Gasteiger partial charge is 0.381 e. The summed E-state index contributed by atoms with van der Waals surface area (Å²) in [6.07, 6.45) is 9.39. The van der Waals surface area contributed by atoms with Crippen LogP contribution in [-0.2, 0) is 15.9 Å². The maximum Gasteiger partial charge on any atom is 0.0666 e. The second kappa shape index (κ2) is 7.64. The summed E-state index contributed by atoms with van der Waals surface area (Å²) >= 11 is 0. The molecular weight excluding hydrogens is 302 g/mol. The molecule has 0 radical (unpaired) electrons. The van der Waals surface area contributed by atoms with Crippen LogP contribution in [0.5, 0.6) is 0 Å². The fourth-order valence-corrected chi connectivity index (χ4v) is 4.00. The molecule has 2 aliphatic rings. The van der Waals surface area contributed by atoms with E-state index in [1.54, 1.807) is 0 Å². The fourth-order valence-electron chi connectivity index (χ4n) is 4.00. The lowest BCUT2D eigenvalue weighted by atomic mass is 9.98. The first-order valence-corrected chi connectivity index (χ1v) is 9.17. The summed E-state index contributed by atoms with van der Waals surface area (Å²) in [6, 6.07) is 4.24. The smallest absolute Gasteiger partial charge is 0.0666 e. The SMILES string of the molecule is c1cc2c(C[C@H]3COCCN(CC4CCOCC4)C3)nccn2c1. The van der Waals surface area contributed by atoms with Gasteiger partial charge in [0.25, 0.3) is 0 Å². The quantitative estimate of drug-likeness (QED) is 0.862. The van der Waals surface area contributed by atoms with Crippen LogP contribution in [0, 0.1) is 11.8 Å². The topological polar surface area (TPSA) is 39.0 Å². The number of nitrogens with zero attached hydrogens (tertiary/aromatic N) is 3. The summed E-state index contributed by atoms with van der Waals surface area (Å²) in [5.74, 6) is 1.30. The molecule has 5 nitrogen and oxygen atoms in total. The van der Waals surface area contributed by atoms with Crippen molar-refractivity contribution in [2.24, 2.45) is 11.8 Å². The summed E-state index contributed by atoms with van der Waals surface area (Å²) in [6.45, 7) is 6.90. The van der Waals surface area contributed by atoms with Crippen molar-refractivity contribution in [2.45, 2.75) is 19.3 Å². The lowest BCUT2D eigenvalue weighted by molar-refractivity contribution is 0.0512. The molecule has 0 unspecified atom stereocenters. The minimum absolute atomic E-state index is 0.515. The van der Waals surface area contributed by atoms with E-state index in [1.165, 1.54) is 30.6 Å². The molecule has 2 fully saturated rings. The first-order chi connectivity index (χ1) is 11.9. The molecule has 4 rings (SSSR count). The second-order valence-corrected chi connectivity index (χ2v) is 7.14. The van der Waals surface area contributed by atoms with Crippen LogP contribution in [0.2, 0.25) is 0 Å². The zero-order valence-electron chi connectivity index (χ0n) is 14.3. The minimum atomic E-state index is 0.515. The van der Waals surface area contributed by atoms with Gasteiger partial charge >= 0.3 is 0 Å². The highest BCUT2D eigenvalue weighted by molar-refractivity contribution is 5.52.